The van der Waals surface area contributed by atoms with E-state index in [-0.39, 0.29) is 11.3 Å². The summed E-state index contributed by atoms with van der Waals surface area (Å²) in [5, 5.41) is 11.8. The van der Waals surface area contributed by atoms with E-state index >= 15 is 0 Å². The fraction of sp³-hybridized carbons (Fsp3) is 0.179. The van der Waals surface area contributed by atoms with E-state index in [0.29, 0.717) is 22.0 Å². The number of hydrogen-bond donors (Lipinski definition) is 1. The van der Waals surface area contributed by atoms with E-state index in [4.69, 9.17) is 9.72 Å². The third-order valence-corrected chi connectivity index (χ3v) is 7.80. The van der Waals surface area contributed by atoms with Gasteiger partial charge < -0.3 is 9.84 Å². The Balaban J connectivity index is 1.74. The molecule has 0 aliphatic carbocycles. The number of Topliss-reactive ketones (excluding diaryl/α,β-unsaturated/α-hetero) is 1. The second kappa shape index (κ2) is 9.19. The molecule has 4 aromatic rings. The highest BCUT2D eigenvalue weighted by Gasteiger charge is 2.48. The van der Waals surface area contributed by atoms with E-state index in [9.17, 15) is 14.7 Å². The Morgan fingerprint density at radius 1 is 1.06 bits per heavy atom. The highest BCUT2D eigenvalue weighted by atomic mass is 79.9. The lowest BCUT2D eigenvalue weighted by atomic mass is 9.95. The Morgan fingerprint density at radius 3 is 2.53 bits per heavy atom. The molecule has 0 spiro atoms. The summed E-state index contributed by atoms with van der Waals surface area (Å²) in [6, 6.07) is 15.8. The number of ketones is 1. The number of aliphatic hydroxyl groups is 1. The zero-order valence-corrected chi connectivity index (χ0v) is 22.5. The number of amides is 1. The van der Waals surface area contributed by atoms with E-state index in [1.54, 1.807) is 25.3 Å². The van der Waals surface area contributed by atoms with Crippen molar-refractivity contribution in [2.45, 2.75) is 26.8 Å². The predicted molar refractivity (Wildman–Crippen MR) is 146 cm³/mol. The first kappa shape index (κ1) is 24.2. The van der Waals surface area contributed by atoms with Gasteiger partial charge in [0.1, 0.15) is 11.5 Å². The molecule has 5 rings (SSSR count). The summed E-state index contributed by atoms with van der Waals surface area (Å²) in [7, 11) is 1.57. The summed E-state index contributed by atoms with van der Waals surface area (Å²) >= 11 is 4.85. The van der Waals surface area contributed by atoms with Gasteiger partial charge in [0.2, 0.25) is 0 Å². The van der Waals surface area contributed by atoms with Gasteiger partial charge in [0.15, 0.2) is 5.13 Å². The Kier molecular flexibility index (Phi) is 6.18. The third kappa shape index (κ3) is 4.00. The van der Waals surface area contributed by atoms with Gasteiger partial charge in [-0.05, 0) is 79.4 Å². The molecular weight excluding hydrogens is 540 g/mol. The van der Waals surface area contributed by atoms with Crippen LogP contribution in [0.4, 0.5) is 5.13 Å². The van der Waals surface area contributed by atoms with E-state index < -0.39 is 17.7 Å². The first-order valence-corrected chi connectivity index (χ1v) is 12.9. The number of fused-ring (bicyclic) bond motifs is 1. The summed E-state index contributed by atoms with van der Waals surface area (Å²) in [4.78, 5) is 33.1. The number of aromatic nitrogens is 1. The molecule has 1 amide bonds. The molecule has 1 fully saturated rings. The van der Waals surface area contributed by atoms with Gasteiger partial charge in [-0.3, -0.25) is 14.5 Å². The molecule has 0 unspecified atom stereocenters. The maximum Gasteiger partial charge on any atom is 0.301 e. The van der Waals surface area contributed by atoms with Crippen LogP contribution in [0, 0.1) is 20.8 Å². The Labute approximate surface area is 221 Å². The standard InChI is InChI=1S/C28H23BrN2O4S/c1-14-10-16(3)23-21(11-14)36-28(30-23)31-24(17-6-5-7-19(29)13-17)22(26(33)27(31)34)25(32)18-8-9-20(35-4)15(2)12-18/h5-13,24,32H,1-4H3/b25-22+/t24-/m0/s1. The van der Waals surface area contributed by atoms with Gasteiger partial charge in [-0.25, -0.2) is 4.98 Å². The number of aryl methyl sites for hydroxylation is 3. The molecule has 2 heterocycles. The average molecular weight is 563 g/mol. The van der Waals surface area contributed by atoms with Crippen LogP contribution < -0.4 is 9.64 Å². The van der Waals surface area contributed by atoms with Crippen LogP contribution in [0.3, 0.4) is 0 Å². The molecule has 1 atom stereocenters. The molecule has 36 heavy (non-hydrogen) atoms. The van der Waals surface area contributed by atoms with E-state index in [2.05, 4.69) is 15.9 Å². The largest absolute Gasteiger partial charge is 0.507 e. The number of aliphatic hydroxyl groups excluding tert-OH is 1. The van der Waals surface area contributed by atoms with Crippen LogP contribution in [0.5, 0.6) is 5.75 Å². The number of thiazole rings is 1. The molecule has 1 N–H and O–H groups in total. The molecule has 0 radical (unpaired) electrons. The number of methoxy groups -OCH3 is 1. The fourth-order valence-corrected chi connectivity index (χ4v) is 6.25. The number of benzene rings is 3. The van der Waals surface area contributed by atoms with Gasteiger partial charge in [0, 0.05) is 10.0 Å². The molecule has 6 nitrogen and oxygen atoms in total. The van der Waals surface area contributed by atoms with Gasteiger partial charge >= 0.3 is 5.91 Å². The van der Waals surface area contributed by atoms with Crippen molar-refractivity contribution in [3.63, 3.8) is 0 Å². The molecular formula is C28H23BrN2O4S. The zero-order valence-electron chi connectivity index (χ0n) is 20.1. The lowest BCUT2D eigenvalue weighted by Crippen LogP contribution is -2.29. The normalized spacial score (nSPS) is 17.2. The van der Waals surface area contributed by atoms with Crippen molar-refractivity contribution in [1.82, 2.24) is 4.98 Å². The predicted octanol–water partition coefficient (Wildman–Crippen LogP) is 6.62. The lowest BCUT2D eigenvalue weighted by Gasteiger charge is -2.23. The van der Waals surface area contributed by atoms with Crippen LogP contribution in [0.2, 0.25) is 0 Å². The highest BCUT2D eigenvalue weighted by molar-refractivity contribution is 9.10. The number of carbonyl (C=O) groups excluding carboxylic acids is 2. The SMILES string of the molecule is COc1ccc(/C(O)=C2\C(=O)C(=O)N(c3nc4c(C)cc(C)cc4s3)[C@H]2c2cccc(Br)c2)cc1C. The topological polar surface area (TPSA) is 79.7 Å². The van der Waals surface area contributed by atoms with Gasteiger partial charge in [-0.15, -0.1) is 0 Å². The average Bonchev–Trinajstić information content (AvgIpc) is 3.37. The van der Waals surface area contributed by atoms with Crippen molar-refractivity contribution >= 4 is 60.1 Å². The number of carbonyl (C=O) groups is 2. The van der Waals surface area contributed by atoms with Crippen LogP contribution >= 0.6 is 27.3 Å². The fourth-order valence-electron chi connectivity index (χ4n) is 4.67. The van der Waals surface area contributed by atoms with Crippen LogP contribution in [0.15, 0.2) is 64.6 Å². The van der Waals surface area contributed by atoms with Gasteiger partial charge in [-0.1, -0.05) is 45.5 Å². The summed E-state index contributed by atoms with van der Waals surface area (Å²) < 4.78 is 7.06. The summed E-state index contributed by atoms with van der Waals surface area (Å²) in [5.41, 5.74) is 4.82. The Hall–Kier alpha value is -3.49. The third-order valence-electron chi connectivity index (χ3n) is 6.30. The van der Waals surface area contributed by atoms with Crippen molar-refractivity contribution in [1.29, 1.82) is 0 Å². The number of anilines is 1. The Bertz CT molecular complexity index is 1590. The number of rotatable bonds is 4. The second-order valence-corrected chi connectivity index (χ2v) is 10.8. The van der Waals surface area contributed by atoms with Crippen LogP contribution in [0.1, 0.15) is 33.9 Å². The van der Waals surface area contributed by atoms with Crippen LogP contribution in [-0.2, 0) is 9.59 Å². The maximum absolute atomic E-state index is 13.5. The van der Waals surface area contributed by atoms with Crippen LogP contribution in [-0.4, -0.2) is 28.9 Å². The van der Waals surface area contributed by atoms with E-state index in [1.807, 2.05) is 57.2 Å². The Morgan fingerprint density at radius 2 is 1.83 bits per heavy atom. The molecule has 3 aromatic carbocycles. The van der Waals surface area contributed by atoms with Crippen molar-refractivity contribution in [2.24, 2.45) is 0 Å². The first-order chi connectivity index (χ1) is 17.2. The summed E-state index contributed by atoms with van der Waals surface area (Å²) in [6.07, 6.45) is 0. The minimum atomic E-state index is -0.841. The molecule has 182 valence electrons. The summed E-state index contributed by atoms with van der Waals surface area (Å²) in [5.74, 6) is -1.05. The van der Waals surface area contributed by atoms with E-state index in [1.165, 1.54) is 16.2 Å². The second-order valence-electron chi connectivity index (χ2n) is 8.83. The van der Waals surface area contributed by atoms with E-state index in [0.717, 1.165) is 31.4 Å². The monoisotopic (exact) mass is 562 g/mol. The number of hydrogen-bond acceptors (Lipinski definition) is 6. The minimum Gasteiger partial charge on any atom is -0.507 e. The van der Waals surface area contributed by atoms with Gasteiger partial charge in [0.05, 0.1) is 28.9 Å². The molecule has 1 aliphatic heterocycles. The highest BCUT2D eigenvalue weighted by Crippen LogP contribution is 2.45. The van der Waals surface area contributed by atoms with Crippen LogP contribution in [0.25, 0.3) is 16.0 Å². The zero-order chi connectivity index (χ0) is 25.7. The molecule has 1 aliphatic rings. The quantitative estimate of drug-likeness (QED) is 0.172. The summed E-state index contributed by atoms with van der Waals surface area (Å²) in [6.45, 7) is 5.84. The maximum atomic E-state index is 13.5. The molecule has 0 saturated carbocycles. The number of ether oxygens (including phenoxy) is 1. The number of halogens is 1. The number of nitrogens with zero attached hydrogens (tertiary/aromatic N) is 2. The molecule has 1 aromatic heterocycles. The smallest absolute Gasteiger partial charge is 0.301 e. The van der Waals surface area contributed by atoms with Crippen molar-refractivity contribution < 1.29 is 19.4 Å². The van der Waals surface area contributed by atoms with Crippen molar-refractivity contribution in [3.8, 4) is 5.75 Å². The van der Waals surface area contributed by atoms with Crippen molar-refractivity contribution in [2.75, 3.05) is 12.0 Å². The first-order valence-electron chi connectivity index (χ1n) is 11.3. The molecule has 0 bridgehead atoms. The van der Waals surface area contributed by atoms with Gasteiger partial charge in [0.25, 0.3) is 5.78 Å². The minimum absolute atomic E-state index is 0.0230. The molecule has 8 heteroatoms. The molecule has 1 saturated heterocycles. The van der Waals surface area contributed by atoms with Gasteiger partial charge in [-0.2, -0.15) is 0 Å². The van der Waals surface area contributed by atoms with Crippen molar-refractivity contribution in [3.05, 3.63) is 92.5 Å². The lowest BCUT2D eigenvalue weighted by molar-refractivity contribution is -0.132.